The molecular formula is C22H23ClN2O4. The van der Waals surface area contributed by atoms with Crippen LogP contribution in [-0.2, 0) is 16.2 Å². The van der Waals surface area contributed by atoms with Crippen molar-refractivity contribution in [3.63, 3.8) is 0 Å². The van der Waals surface area contributed by atoms with E-state index in [9.17, 15) is 4.79 Å². The fraction of sp³-hybridized carbons (Fsp3) is 0.364. The van der Waals surface area contributed by atoms with Crippen molar-refractivity contribution in [1.29, 1.82) is 0 Å². The van der Waals surface area contributed by atoms with Crippen LogP contribution in [0.2, 0.25) is 5.02 Å². The normalized spacial score (nSPS) is 17.2. The second kappa shape index (κ2) is 8.33. The number of nitrogens with zero attached hydrogens (tertiary/aromatic N) is 2. The summed E-state index contributed by atoms with van der Waals surface area (Å²) >= 11 is 6.10. The van der Waals surface area contributed by atoms with E-state index in [0.29, 0.717) is 30.3 Å². The van der Waals surface area contributed by atoms with Crippen molar-refractivity contribution in [3.05, 3.63) is 58.6 Å². The molecule has 0 radical (unpaired) electrons. The minimum Gasteiger partial charge on any atom is -0.454 e. The topological polar surface area (TPSA) is 60.4 Å². The van der Waals surface area contributed by atoms with Gasteiger partial charge in [-0.05, 0) is 35.9 Å². The van der Waals surface area contributed by atoms with E-state index in [4.69, 9.17) is 25.9 Å². The van der Waals surface area contributed by atoms with E-state index < -0.39 is 0 Å². The number of halogens is 1. The van der Waals surface area contributed by atoms with Crippen molar-refractivity contribution in [2.45, 2.75) is 32.9 Å². The molecule has 0 unspecified atom stereocenters. The summed E-state index contributed by atoms with van der Waals surface area (Å²) in [5.74, 6) is 1.42. The van der Waals surface area contributed by atoms with E-state index in [1.165, 1.54) is 0 Å². The zero-order valence-corrected chi connectivity index (χ0v) is 17.2. The monoisotopic (exact) mass is 414 g/mol. The SMILES string of the molecule is CC(C)C(=O)N(Cc1cccc(Cl)c1)C[C@H]1CC(c2ccc3c(c2)OCO3)=NO1. The Kier molecular flexibility index (Phi) is 5.62. The lowest BCUT2D eigenvalue weighted by atomic mass is 10.0. The lowest BCUT2D eigenvalue weighted by Gasteiger charge is -2.26. The van der Waals surface area contributed by atoms with Crippen LogP contribution in [0.15, 0.2) is 47.6 Å². The van der Waals surface area contributed by atoms with Crippen LogP contribution in [0.25, 0.3) is 0 Å². The summed E-state index contributed by atoms with van der Waals surface area (Å²) in [4.78, 5) is 20.2. The Balaban J connectivity index is 1.44. The van der Waals surface area contributed by atoms with Crippen LogP contribution in [-0.4, -0.2) is 36.0 Å². The standard InChI is InChI=1S/C22H23ClN2O4/c1-14(2)22(26)25(11-15-4-3-5-17(23)8-15)12-18-10-19(24-29-18)16-6-7-20-21(9-16)28-13-27-20/h3-9,14,18H,10-13H2,1-2H3/t18-/m1/s1. The molecule has 0 N–H and O–H groups in total. The van der Waals surface area contributed by atoms with Gasteiger partial charge >= 0.3 is 0 Å². The molecule has 0 aromatic heterocycles. The highest BCUT2D eigenvalue weighted by atomic mass is 35.5. The third kappa shape index (κ3) is 4.48. The number of amides is 1. The first-order valence-corrected chi connectivity index (χ1v) is 10.0. The number of carbonyl (C=O) groups excluding carboxylic acids is 1. The fourth-order valence-electron chi connectivity index (χ4n) is 3.47. The molecule has 0 bridgehead atoms. The third-order valence-corrected chi connectivity index (χ3v) is 5.17. The summed E-state index contributed by atoms with van der Waals surface area (Å²) in [5.41, 5.74) is 2.77. The highest BCUT2D eigenvalue weighted by Crippen LogP contribution is 2.33. The number of fused-ring (bicyclic) bond motifs is 1. The van der Waals surface area contributed by atoms with Crippen LogP contribution >= 0.6 is 11.6 Å². The molecule has 0 fully saturated rings. The zero-order valence-electron chi connectivity index (χ0n) is 16.4. The van der Waals surface area contributed by atoms with Gasteiger partial charge in [-0.1, -0.05) is 42.7 Å². The van der Waals surface area contributed by atoms with Gasteiger partial charge < -0.3 is 19.2 Å². The van der Waals surface area contributed by atoms with Crippen molar-refractivity contribution in [1.82, 2.24) is 4.90 Å². The average Bonchev–Trinajstić information content (AvgIpc) is 3.35. The molecule has 1 atom stereocenters. The summed E-state index contributed by atoms with van der Waals surface area (Å²) in [6.45, 7) is 4.98. The van der Waals surface area contributed by atoms with Gasteiger partial charge in [0.15, 0.2) is 17.6 Å². The Labute approximate surface area is 175 Å². The Bertz CT molecular complexity index is 944. The third-order valence-electron chi connectivity index (χ3n) is 4.93. The first kappa shape index (κ1) is 19.6. The van der Waals surface area contributed by atoms with Crippen LogP contribution in [0, 0.1) is 5.92 Å². The first-order valence-electron chi connectivity index (χ1n) is 9.65. The number of hydrogen-bond acceptors (Lipinski definition) is 5. The lowest BCUT2D eigenvalue weighted by Crippen LogP contribution is -2.39. The number of ether oxygens (including phenoxy) is 2. The van der Waals surface area contributed by atoms with Crippen LogP contribution in [0.3, 0.4) is 0 Å². The minimum absolute atomic E-state index is 0.0742. The van der Waals surface area contributed by atoms with E-state index in [-0.39, 0.29) is 24.7 Å². The average molecular weight is 415 g/mol. The van der Waals surface area contributed by atoms with Crippen LogP contribution in [0.1, 0.15) is 31.4 Å². The van der Waals surface area contributed by atoms with Gasteiger partial charge in [0.05, 0.1) is 12.3 Å². The van der Waals surface area contributed by atoms with Gasteiger partial charge in [0.25, 0.3) is 0 Å². The van der Waals surface area contributed by atoms with Crippen molar-refractivity contribution in [3.8, 4) is 11.5 Å². The molecule has 0 saturated heterocycles. The van der Waals surface area contributed by atoms with Crippen LogP contribution < -0.4 is 9.47 Å². The number of carbonyl (C=O) groups is 1. The molecule has 2 heterocycles. The van der Waals surface area contributed by atoms with Crippen molar-refractivity contribution in [2.24, 2.45) is 11.1 Å². The summed E-state index contributed by atoms with van der Waals surface area (Å²) in [7, 11) is 0. The summed E-state index contributed by atoms with van der Waals surface area (Å²) in [6, 6.07) is 13.3. The second-order valence-corrected chi connectivity index (χ2v) is 7.98. The Morgan fingerprint density at radius 2 is 2.03 bits per heavy atom. The molecule has 6 nitrogen and oxygen atoms in total. The van der Waals surface area contributed by atoms with Gasteiger partial charge in [0.2, 0.25) is 12.7 Å². The number of rotatable bonds is 6. The highest BCUT2D eigenvalue weighted by Gasteiger charge is 2.28. The van der Waals surface area contributed by atoms with Crippen LogP contribution in [0.4, 0.5) is 0 Å². The minimum atomic E-state index is -0.197. The predicted molar refractivity (Wildman–Crippen MR) is 110 cm³/mol. The van der Waals surface area contributed by atoms with Gasteiger partial charge in [0, 0.05) is 29.5 Å². The maximum Gasteiger partial charge on any atom is 0.231 e. The molecule has 0 aliphatic carbocycles. The molecule has 2 aliphatic heterocycles. The molecule has 7 heteroatoms. The Morgan fingerprint density at radius 3 is 2.83 bits per heavy atom. The van der Waals surface area contributed by atoms with Gasteiger partial charge in [-0.3, -0.25) is 4.79 Å². The molecule has 2 aromatic rings. The maximum absolute atomic E-state index is 12.8. The van der Waals surface area contributed by atoms with E-state index >= 15 is 0 Å². The number of oxime groups is 1. The molecule has 4 rings (SSSR count). The molecule has 0 saturated carbocycles. The maximum atomic E-state index is 12.8. The smallest absolute Gasteiger partial charge is 0.231 e. The first-order chi connectivity index (χ1) is 14.0. The van der Waals surface area contributed by atoms with Gasteiger partial charge in [-0.2, -0.15) is 0 Å². The molecular weight excluding hydrogens is 392 g/mol. The summed E-state index contributed by atoms with van der Waals surface area (Å²) < 4.78 is 10.8. The molecule has 2 aliphatic rings. The molecule has 0 spiro atoms. The lowest BCUT2D eigenvalue weighted by molar-refractivity contribution is -0.136. The van der Waals surface area contributed by atoms with E-state index in [2.05, 4.69) is 5.16 Å². The number of benzene rings is 2. The van der Waals surface area contributed by atoms with Crippen molar-refractivity contribution in [2.75, 3.05) is 13.3 Å². The molecule has 1 amide bonds. The Morgan fingerprint density at radius 1 is 1.21 bits per heavy atom. The second-order valence-electron chi connectivity index (χ2n) is 7.54. The molecule has 152 valence electrons. The zero-order chi connectivity index (χ0) is 20.4. The van der Waals surface area contributed by atoms with Gasteiger partial charge in [0.1, 0.15) is 0 Å². The van der Waals surface area contributed by atoms with Crippen molar-refractivity contribution < 1.29 is 19.1 Å². The molecule has 29 heavy (non-hydrogen) atoms. The summed E-state index contributed by atoms with van der Waals surface area (Å²) in [6.07, 6.45) is 0.425. The molecule has 2 aromatic carbocycles. The summed E-state index contributed by atoms with van der Waals surface area (Å²) in [5, 5.41) is 4.91. The van der Waals surface area contributed by atoms with E-state index in [1.54, 1.807) is 0 Å². The quantitative estimate of drug-likeness (QED) is 0.709. The van der Waals surface area contributed by atoms with Gasteiger partial charge in [-0.25, -0.2) is 0 Å². The van der Waals surface area contributed by atoms with Gasteiger partial charge in [-0.15, -0.1) is 0 Å². The van der Waals surface area contributed by atoms with Crippen LogP contribution in [0.5, 0.6) is 11.5 Å². The Hall–Kier alpha value is -2.73. The van der Waals surface area contributed by atoms with E-state index in [1.807, 2.05) is 61.2 Å². The van der Waals surface area contributed by atoms with E-state index in [0.717, 1.165) is 22.6 Å². The largest absolute Gasteiger partial charge is 0.454 e. The highest BCUT2D eigenvalue weighted by molar-refractivity contribution is 6.30. The number of hydrogen-bond donors (Lipinski definition) is 0. The van der Waals surface area contributed by atoms with Crippen molar-refractivity contribution >= 4 is 23.2 Å². The fourth-order valence-corrected chi connectivity index (χ4v) is 3.68. The predicted octanol–water partition coefficient (Wildman–Crippen LogP) is 4.25.